The molecule has 1 aliphatic heterocycles. The Morgan fingerprint density at radius 2 is 1.86 bits per heavy atom. The van der Waals surface area contributed by atoms with E-state index in [1.54, 1.807) is 49.4 Å². The van der Waals surface area contributed by atoms with Gasteiger partial charge in [-0.2, -0.15) is 0 Å². The third-order valence-electron chi connectivity index (χ3n) is 5.97. The Bertz CT molecular complexity index is 1340. The number of carbonyl (C=O) groups is 3. The highest BCUT2D eigenvalue weighted by molar-refractivity contribution is 6.10. The zero-order valence-corrected chi connectivity index (χ0v) is 20.0. The number of imide groups is 1. The first-order valence-electron chi connectivity index (χ1n) is 11.0. The molecule has 2 N–H and O–H groups in total. The Labute approximate surface area is 201 Å². The molecule has 0 radical (unpaired) electrons. The SMILES string of the molecule is COc1ccc(C2(C)NC(=O)N(CC(=O)Nc3ccc4oc(=O)n(CCN(C)C)c4c3)C2=O)cc1. The first-order valence-corrected chi connectivity index (χ1v) is 11.0. The average molecular weight is 482 g/mol. The highest BCUT2D eigenvalue weighted by Gasteiger charge is 2.49. The van der Waals surface area contributed by atoms with Gasteiger partial charge in [0.1, 0.15) is 17.8 Å². The fourth-order valence-electron chi connectivity index (χ4n) is 3.96. The van der Waals surface area contributed by atoms with Crippen molar-refractivity contribution in [3.8, 4) is 5.75 Å². The van der Waals surface area contributed by atoms with Gasteiger partial charge in [0.25, 0.3) is 5.91 Å². The lowest BCUT2D eigenvalue weighted by molar-refractivity contribution is -0.133. The van der Waals surface area contributed by atoms with E-state index in [-0.39, 0.29) is 0 Å². The summed E-state index contributed by atoms with van der Waals surface area (Å²) in [5.74, 6) is -0.960. The molecule has 0 saturated carbocycles. The molecule has 1 atom stereocenters. The molecule has 0 spiro atoms. The van der Waals surface area contributed by atoms with Crippen molar-refractivity contribution in [2.24, 2.45) is 0 Å². The van der Waals surface area contributed by atoms with Crippen molar-refractivity contribution in [3.63, 3.8) is 0 Å². The zero-order valence-electron chi connectivity index (χ0n) is 20.0. The second-order valence-electron chi connectivity index (χ2n) is 8.73. The minimum absolute atomic E-state index is 0.399. The molecule has 4 amide bonds. The lowest BCUT2D eigenvalue weighted by Crippen LogP contribution is -2.42. The molecule has 1 aliphatic rings. The number of amides is 4. The second kappa shape index (κ2) is 9.26. The number of oxazole rings is 1. The molecular weight excluding hydrogens is 454 g/mol. The van der Waals surface area contributed by atoms with Gasteiger partial charge in [0.15, 0.2) is 5.58 Å². The Hall–Kier alpha value is -4.12. The number of nitrogens with one attached hydrogen (secondary N) is 2. The van der Waals surface area contributed by atoms with Crippen LogP contribution in [-0.2, 0) is 21.7 Å². The minimum Gasteiger partial charge on any atom is -0.497 e. The Kier molecular flexibility index (Phi) is 6.35. The third-order valence-corrected chi connectivity index (χ3v) is 5.97. The number of hydrogen-bond donors (Lipinski definition) is 2. The van der Waals surface area contributed by atoms with Crippen LogP contribution in [0.25, 0.3) is 11.1 Å². The smallest absolute Gasteiger partial charge is 0.419 e. The van der Waals surface area contributed by atoms with Crippen LogP contribution in [0.5, 0.6) is 5.75 Å². The van der Waals surface area contributed by atoms with Crippen molar-refractivity contribution in [1.82, 2.24) is 19.7 Å². The van der Waals surface area contributed by atoms with Crippen LogP contribution in [0.15, 0.2) is 51.7 Å². The molecule has 11 nitrogen and oxygen atoms in total. The van der Waals surface area contributed by atoms with Crippen LogP contribution in [0.4, 0.5) is 10.5 Å². The summed E-state index contributed by atoms with van der Waals surface area (Å²) in [7, 11) is 5.33. The van der Waals surface area contributed by atoms with Gasteiger partial charge < -0.3 is 24.7 Å². The topological polar surface area (TPSA) is 126 Å². The molecule has 4 rings (SSSR count). The van der Waals surface area contributed by atoms with E-state index in [1.807, 2.05) is 19.0 Å². The van der Waals surface area contributed by atoms with E-state index < -0.39 is 35.7 Å². The first kappa shape index (κ1) is 24.0. The van der Waals surface area contributed by atoms with Crippen LogP contribution in [0.3, 0.4) is 0 Å². The Balaban J connectivity index is 1.49. The molecule has 1 aromatic heterocycles. The number of hydrogen-bond acceptors (Lipinski definition) is 7. The number of rotatable bonds is 8. The van der Waals surface area contributed by atoms with Gasteiger partial charge in [-0.15, -0.1) is 0 Å². The molecule has 0 bridgehead atoms. The monoisotopic (exact) mass is 481 g/mol. The second-order valence-corrected chi connectivity index (χ2v) is 8.73. The number of urea groups is 1. The molecule has 184 valence electrons. The fourth-order valence-corrected chi connectivity index (χ4v) is 3.96. The lowest BCUT2D eigenvalue weighted by atomic mass is 9.92. The van der Waals surface area contributed by atoms with Crippen molar-refractivity contribution in [2.45, 2.75) is 19.0 Å². The van der Waals surface area contributed by atoms with E-state index in [0.717, 1.165) is 4.90 Å². The molecule has 0 aliphatic carbocycles. The fraction of sp³-hybridized carbons (Fsp3) is 0.333. The van der Waals surface area contributed by atoms with Gasteiger partial charge in [-0.25, -0.2) is 9.59 Å². The van der Waals surface area contributed by atoms with E-state index in [1.165, 1.54) is 11.7 Å². The summed E-state index contributed by atoms with van der Waals surface area (Å²) < 4.78 is 11.9. The predicted octanol–water partition coefficient (Wildman–Crippen LogP) is 1.57. The number of methoxy groups -OCH3 is 1. The number of carbonyl (C=O) groups excluding carboxylic acids is 3. The molecule has 11 heteroatoms. The summed E-state index contributed by atoms with van der Waals surface area (Å²) in [4.78, 5) is 53.4. The minimum atomic E-state index is -1.30. The summed E-state index contributed by atoms with van der Waals surface area (Å²) in [5, 5.41) is 5.36. The maximum absolute atomic E-state index is 13.1. The summed E-state index contributed by atoms with van der Waals surface area (Å²) in [6.07, 6.45) is 0. The number of anilines is 1. The van der Waals surface area contributed by atoms with Crippen molar-refractivity contribution in [2.75, 3.05) is 39.6 Å². The normalized spacial score (nSPS) is 17.8. The standard InChI is InChI=1S/C24H27N5O6/c1-24(15-5-8-17(34-4)9-6-15)21(31)29(22(32)26-24)14-20(30)25-16-7-10-19-18(13-16)28(23(33)35-19)12-11-27(2)3/h5-10,13H,11-12,14H2,1-4H3,(H,25,30)(H,26,32). The van der Waals surface area contributed by atoms with Crippen LogP contribution >= 0.6 is 0 Å². The summed E-state index contributed by atoms with van der Waals surface area (Å²) in [6, 6.07) is 10.9. The predicted molar refractivity (Wildman–Crippen MR) is 128 cm³/mol. The molecule has 2 heterocycles. The van der Waals surface area contributed by atoms with Gasteiger partial charge in [-0.1, -0.05) is 12.1 Å². The van der Waals surface area contributed by atoms with Crippen molar-refractivity contribution in [1.29, 1.82) is 0 Å². The average Bonchev–Trinajstić information content (AvgIpc) is 3.25. The van der Waals surface area contributed by atoms with Crippen LogP contribution in [0.2, 0.25) is 0 Å². The van der Waals surface area contributed by atoms with E-state index in [9.17, 15) is 19.2 Å². The number of nitrogens with zero attached hydrogens (tertiary/aromatic N) is 3. The van der Waals surface area contributed by atoms with E-state index in [2.05, 4.69) is 10.6 Å². The molecule has 1 fully saturated rings. The zero-order chi connectivity index (χ0) is 25.3. The summed E-state index contributed by atoms with van der Waals surface area (Å²) in [6.45, 7) is 2.17. The van der Waals surface area contributed by atoms with Crippen molar-refractivity contribution in [3.05, 3.63) is 58.6 Å². The van der Waals surface area contributed by atoms with Gasteiger partial charge >= 0.3 is 11.8 Å². The van der Waals surface area contributed by atoms with Crippen LogP contribution in [0, 0.1) is 0 Å². The van der Waals surface area contributed by atoms with Gasteiger partial charge in [0.2, 0.25) is 5.91 Å². The molecule has 1 unspecified atom stereocenters. The summed E-state index contributed by atoms with van der Waals surface area (Å²) in [5.41, 5.74) is 0.613. The summed E-state index contributed by atoms with van der Waals surface area (Å²) >= 11 is 0. The number of fused-ring (bicyclic) bond motifs is 1. The van der Waals surface area contributed by atoms with E-state index in [0.29, 0.717) is 41.2 Å². The van der Waals surface area contributed by atoms with Crippen LogP contribution < -0.4 is 21.1 Å². The number of benzene rings is 2. The molecule has 1 saturated heterocycles. The largest absolute Gasteiger partial charge is 0.497 e. The van der Waals surface area contributed by atoms with Gasteiger partial charge in [-0.3, -0.25) is 19.1 Å². The molecule has 3 aromatic rings. The Morgan fingerprint density at radius 1 is 1.14 bits per heavy atom. The lowest BCUT2D eigenvalue weighted by Gasteiger charge is -2.22. The Morgan fingerprint density at radius 3 is 2.51 bits per heavy atom. The number of likely N-dealkylation sites (N-methyl/N-ethyl adjacent to an activating group) is 1. The highest BCUT2D eigenvalue weighted by Crippen LogP contribution is 2.30. The van der Waals surface area contributed by atoms with E-state index in [4.69, 9.17) is 9.15 Å². The van der Waals surface area contributed by atoms with Gasteiger partial charge in [-0.05, 0) is 56.9 Å². The highest BCUT2D eigenvalue weighted by atomic mass is 16.5. The molecule has 35 heavy (non-hydrogen) atoms. The number of ether oxygens (including phenoxy) is 1. The van der Waals surface area contributed by atoms with Crippen LogP contribution in [-0.4, -0.2) is 66.5 Å². The third kappa shape index (κ3) is 4.62. The molecular formula is C24H27N5O6. The van der Waals surface area contributed by atoms with E-state index >= 15 is 0 Å². The maximum atomic E-state index is 13.1. The number of aromatic nitrogens is 1. The van der Waals surface area contributed by atoms with Crippen molar-refractivity contribution >= 4 is 34.6 Å². The van der Waals surface area contributed by atoms with Gasteiger partial charge in [0.05, 0.1) is 12.6 Å². The quantitative estimate of drug-likeness (QED) is 0.468. The van der Waals surface area contributed by atoms with Crippen molar-refractivity contribution < 1.29 is 23.5 Å². The molecule has 2 aromatic carbocycles. The maximum Gasteiger partial charge on any atom is 0.419 e. The van der Waals surface area contributed by atoms with Gasteiger partial charge in [0, 0.05) is 18.8 Å². The van der Waals surface area contributed by atoms with Crippen LogP contribution in [0.1, 0.15) is 12.5 Å². The first-order chi connectivity index (χ1) is 16.6.